The third-order valence-electron chi connectivity index (χ3n) is 4.72. The van der Waals surface area contributed by atoms with E-state index in [2.05, 4.69) is 0 Å². The van der Waals surface area contributed by atoms with Crippen LogP contribution >= 0.6 is 0 Å². The van der Waals surface area contributed by atoms with Gasteiger partial charge in [-0.15, -0.1) is 0 Å². The van der Waals surface area contributed by atoms with Gasteiger partial charge in [0.2, 0.25) is 0 Å². The molecule has 0 aromatic heterocycles. The lowest BCUT2D eigenvalue weighted by Gasteiger charge is -2.13. The summed E-state index contributed by atoms with van der Waals surface area (Å²) in [7, 11) is 0. The lowest BCUT2D eigenvalue weighted by atomic mass is 9.93. The fourth-order valence-corrected chi connectivity index (χ4v) is 3.32. The molecule has 27 heavy (non-hydrogen) atoms. The quantitative estimate of drug-likeness (QED) is 0.419. The van der Waals surface area contributed by atoms with Gasteiger partial charge in [-0.05, 0) is 58.0 Å². The molecule has 4 aromatic carbocycles. The highest BCUT2D eigenvalue weighted by molar-refractivity contribution is 6.03. The van der Waals surface area contributed by atoms with Gasteiger partial charge >= 0.3 is 0 Å². The van der Waals surface area contributed by atoms with Crippen molar-refractivity contribution in [3.8, 4) is 34.1 Å². The standard InChI is InChI=1S/C23H18O4/c24-17-6-1-14(2-7-17)13-16-5-10-20-19(15-3-8-18(25)9-4-15)11-12-21(26)22(20)23(16)27/h1-12,24-27H,13H2. The van der Waals surface area contributed by atoms with Gasteiger partial charge in [0, 0.05) is 6.42 Å². The third-order valence-corrected chi connectivity index (χ3v) is 4.72. The number of rotatable bonds is 3. The van der Waals surface area contributed by atoms with Crippen LogP contribution in [-0.4, -0.2) is 20.4 Å². The molecule has 4 aromatic rings. The van der Waals surface area contributed by atoms with E-state index in [0.29, 0.717) is 17.4 Å². The highest BCUT2D eigenvalue weighted by Gasteiger charge is 2.14. The van der Waals surface area contributed by atoms with E-state index >= 15 is 0 Å². The topological polar surface area (TPSA) is 80.9 Å². The lowest BCUT2D eigenvalue weighted by Crippen LogP contribution is -1.91. The second-order valence-electron chi connectivity index (χ2n) is 6.52. The SMILES string of the molecule is Oc1ccc(Cc2ccc3c(-c4ccc(O)cc4)ccc(O)c3c2O)cc1. The minimum absolute atomic E-state index is 0.0117. The molecule has 134 valence electrons. The molecule has 4 heteroatoms. The largest absolute Gasteiger partial charge is 0.508 e. The predicted octanol–water partition coefficient (Wildman–Crippen LogP) is 4.92. The fourth-order valence-electron chi connectivity index (χ4n) is 3.32. The van der Waals surface area contributed by atoms with Gasteiger partial charge in [0.05, 0.1) is 5.39 Å². The zero-order chi connectivity index (χ0) is 19.0. The Balaban J connectivity index is 1.84. The molecule has 0 aliphatic rings. The molecule has 4 N–H and O–H groups in total. The Bertz CT molecular complexity index is 1110. The van der Waals surface area contributed by atoms with Crippen LogP contribution < -0.4 is 0 Å². The van der Waals surface area contributed by atoms with Crippen LogP contribution in [0.15, 0.2) is 72.8 Å². The van der Waals surface area contributed by atoms with Crippen LogP contribution in [0.3, 0.4) is 0 Å². The predicted molar refractivity (Wildman–Crippen MR) is 105 cm³/mol. The average molecular weight is 358 g/mol. The van der Waals surface area contributed by atoms with E-state index < -0.39 is 0 Å². The Morgan fingerprint density at radius 1 is 0.593 bits per heavy atom. The van der Waals surface area contributed by atoms with Crippen LogP contribution in [0.1, 0.15) is 11.1 Å². The number of phenolic OH excluding ortho intramolecular Hbond substituents is 4. The van der Waals surface area contributed by atoms with Crippen molar-refractivity contribution in [2.45, 2.75) is 6.42 Å². The minimum atomic E-state index is 0.0117. The molecule has 0 aliphatic carbocycles. The maximum atomic E-state index is 10.8. The van der Waals surface area contributed by atoms with E-state index in [4.69, 9.17) is 0 Å². The monoisotopic (exact) mass is 358 g/mol. The Hall–Kier alpha value is -3.66. The van der Waals surface area contributed by atoms with Gasteiger partial charge in [-0.3, -0.25) is 0 Å². The van der Waals surface area contributed by atoms with Crippen LogP contribution in [0, 0.1) is 0 Å². The van der Waals surface area contributed by atoms with Gasteiger partial charge in [-0.2, -0.15) is 0 Å². The Kier molecular flexibility index (Phi) is 4.09. The fraction of sp³-hybridized carbons (Fsp3) is 0.0435. The highest BCUT2D eigenvalue weighted by Crippen LogP contribution is 2.41. The number of fused-ring (bicyclic) bond motifs is 1. The normalized spacial score (nSPS) is 11.0. The summed E-state index contributed by atoms with van der Waals surface area (Å²) in [6.07, 6.45) is 0.477. The number of benzene rings is 4. The van der Waals surface area contributed by atoms with Crippen LogP contribution in [0.4, 0.5) is 0 Å². The van der Waals surface area contributed by atoms with E-state index in [1.165, 1.54) is 0 Å². The van der Waals surface area contributed by atoms with Gasteiger partial charge < -0.3 is 20.4 Å². The summed E-state index contributed by atoms with van der Waals surface area (Å²) < 4.78 is 0. The second kappa shape index (κ2) is 6.57. The molecule has 0 spiro atoms. The molecule has 0 saturated heterocycles. The molecule has 0 radical (unpaired) electrons. The number of hydrogen-bond donors (Lipinski definition) is 4. The van der Waals surface area contributed by atoms with Crippen LogP contribution in [0.2, 0.25) is 0 Å². The molecule has 0 aliphatic heterocycles. The van der Waals surface area contributed by atoms with Crippen molar-refractivity contribution in [2.24, 2.45) is 0 Å². The number of aromatic hydroxyl groups is 4. The van der Waals surface area contributed by atoms with Crippen molar-refractivity contribution < 1.29 is 20.4 Å². The summed E-state index contributed by atoms with van der Waals surface area (Å²) in [5.41, 5.74) is 3.36. The van der Waals surface area contributed by atoms with Crippen molar-refractivity contribution in [1.29, 1.82) is 0 Å². The Morgan fingerprint density at radius 3 is 1.89 bits per heavy atom. The minimum Gasteiger partial charge on any atom is -0.508 e. The summed E-state index contributed by atoms with van der Waals surface area (Å²) in [4.78, 5) is 0. The van der Waals surface area contributed by atoms with Gasteiger partial charge in [-0.1, -0.05) is 42.5 Å². The molecule has 4 nitrogen and oxygen atoms in total. The molecular weight excluding hydrogens is 340 g/mol. The van der Waals surface area contributed by atoms with Crippen molar-refractivity contribution in [1.82, 2.24) is 0 Å². The van der Waals surface area contributed by atoms with E-state index in [1.54, 1.807) is 60.7 Å². The first-order valence-electron chi connectivity index (χ1n) is 8.57. The molecule has 4 rings (SSSR count). The molecule has 0 bridgehead atoms. The smallest absolute Gasteiger partial charge is 0.130 e. The molecule has 0 atom stereocenters. The maximum absolute atomic E-state index is 10.8. The number of phenols is 4. The molecular formula is C23H18O4. The summed E-state index contributed by atoms with van der Waals surface area (Å²) in [6, 6.07) is 20.7. The molecule has 0 unspecified atom stereocenters. The van der Waals surface area contributed by atoms with Crippen molar-refractivity contribution in [3.63, 3.8) is 0 Å². The lowest BCUT2D eigenvalue weighted by molar-refractivity contribution is 0.460. The van der Waals surface area contributed by atoms with Gasteiger partial charge in [0.1, 0.15) is 23.0 Å². The summed E-state index contributed by atoms with van der Waals surface area (Å²) in [5.74, 6) is 0.426. The Labute approximate surface area is 156 Å². The van der Waals surface area contributed by atoms with Gasteiger partial charge in [0.15, 0.2) is 0 Å². The van der Waals surface area contributed by atoms with Crippen molar-refractivity contribution >= 4 is 10.8 Å². The molecule has 0 heterocycles. The van der Waals surface area contributed by atoms with Crippen LogP contribution in [0.5, 0.6) is 23.0 Å². The molecule has 0 saturated carbocycles. The molecule has 0 amide bonds. The van der Waals surface area contributed by atoms with Crippen LogP contribution in [-0.2, 0) is 6.42 Å². The maximum Gasteiger partial charge on any atom is 0.130 e. The van der Waals surface area contributed by atoms with E-state index in [0.717, 1.165) is 22.1 Å². The van der Waals surface area contributed by atoms with Crippen molar-refractivity contribution in [3.05, 3.63) is 83.9 Å². The van der Waals surface area contributed by atoms with Gasteiger partial charge in [-0.25, -0.2) is 0 Å². The summed E-state index contributed by atoms with van der Waals surface area (Å²) >= 11 is 0. The first kappa shape index (κ1) is 16.8. The third kappa shape index (κ3) is 3.13. The zero-order valence-corrected chi connectivity index (χ0v) is 14.4. The summed E-state index contributed by atoms with van der Waals surface area (Å²) in [6.45, 7) is 0. The van der Waals surface area contributed by atoms with E-state index in [9.17, 15) is 20.4 Å². The van der Waals surface area contributed by atoms with E-state index in [1.807, 2.05) is 12.1 Å². The first-order chi connectivity index (χ1) is 13.0. The first-order valence-corrected chi connectivity index (χ1v) is 8.57. The van der Waals surface area contributed by atoms with E-state index in [-0.39, 0.29) is 23.0 Å². The molecule has 0 fully saturated rings. The summed E-state index contributed by atoms with van der Waals surface area (Å²) in [5, 5.41) is 41.2. The Morgan fingerprint density at radius 2 is 1.22 bits per heavy atom. The second-order valence-corrected chi connectivity index (χ2v) is 6.52. The average Bonchev–Trinajstić information content (AvgIpc) is 2.67. The van der Waals surface area contributed by atoms with Crippen molar-refractivity contribution in [2.75, 3.05) is 0 Å². The van der Waals surface area contributed by atoms with Crippen LogP contribution in [0.25, 0.3) is 21.9 Å². The zero-order valence-electron chi connectivity index (χ0n) is 14.4. The van der Waals surface area contributed by atoms with Gasteiger partial charge in [0.25, 0.3) is 0 Å². The number of hydrogen-bond acceptors (Lipinski definition) is 4. The highest BCUT2D eigenvalue weighted by atomic mass is 16.3.